The lowest BCUT2D eigenvalue weighted by molar-refractivity contribution is 0.245. The highest BCUT2D eigenvalue weighted by atomic mass is 32.2. The number of hydrogen-bond donors (Lipinski definition) is 1. The van der Waals surface area contributed by atoms with Crippen molar-refractivity contribution in [2.45, 2.75) is 39.3 Å². The molecule has 20 heavy (non-hydrogen) atoms. The van der Waals surface area contributed by atoms with Gasteiger partial charge in [-0.15, -0.1) is 0 Å². The van der Waals surface area contributed by atoms with Gasteiger partial charge in [-0.05, 0) is 63.0 Å². The molecule has 0 radical (unpaired) electrons. The molecule has 1 unspecified atom stereocenters. The van der Waals surface area contributed by atoms with Gasteiger partial charge in [-0.1, -0.05) is 31.2 Å². The van der Waals surface area contributed by atoms with Crippen molar-refractivity contribution in [2.24, 2.45) is 0 Å². The molecule has 0 saturated heterocycles. The molecule has 0 aromatic heterocycles. The molecule has 1 aromatic carbocycles. The standard InChI is InChI=1S/C17H30N2S/c1-5-18-12-10-16-6-8-17(9-7-16)14-19(3)15(2)11-13-20-4/h6-9,15,18H,5,10-14H2,1-4H3. The number of rotatable bonds is 10. The van der Waals surface area contributed by atoms with Crippen molar-refractivity contribution >= 4 is 11.8 Å². The molecule has 1 rings (SSSR count). The average Bonchev–Trinajstić information content (AvgIpc) is 2.46. The van der Waals surface area contributed by atoms with Crippen LogP contribution in [-0.4, -0.2) is 43.1 Å². The van der Waals surface area contributed by atoms with Crippen LogP contribution < -0.4 is 5.32 Å². The molecule has 1 aromatic rings. The van der Waals surface area contributed by atoms with E-state index >= 15 is 0 Å². The topological polar surface area (TPSA) is 15.3 Å². The first-order valence-corrected chi connectivity index (χ1v) is 9.04. The van der Waals surface area contributed by atoms with Crippen LogP contribution in [0.25, 0.3) is 0 Å². The van der Waals surface area contributed by atoms with Gasteiger partial charge in [0.2, 0.25) is 0 Å². The van der Waals surface area contributed by atoms with Crippen LogP contribution in [0.2, 0.25) is 0 Å². The van der Waals surface area contributed by atoms with E-state index in [1.807, 2.05) is 11.8 Å². The van der Waals surface area contributed by atoms with E-state index in [-0.39, 0.29) is 0 Å². The molecule has 0 heterocycles. The Balaban J connectivity index is 2.40. The van der Waals surface area contributed by atoms with Gasteiger partial charge in [-0.3, -0.25) is 4.90 Å². The molecule has 0 spiro atoms. The fourth-order valence-corrected chi connectivity index (χ4v) is 2.75. The predicted octanol–water partition coefficient (Wildman–Crippen LogP) is 3.41. The van der Waals surface area contributed by atoms with Crippen molar-refractivity contribution in [3.05, 3.63) is 35.4 Å². The minimum absolute atomic E-state index is 0.649. The van der Waals surface area contributed by atoms with E-state index < -0.39 is 0 Å². The predicted molar refractivity (Wildman–Crippen MR) is 92.6 cm³/mol. The molecule has 0 saturated carbocycles. The number of likely N-dealkylation sites (N-methyl/N-ethyl adjacent to an activating group) is 1. The first-order chi connectivity index (χ1) is 9.67. The lowest BCUT2D eigenvalue weighted by Crippen LogP contribution is -2.29. The Labute approximate surface area is 129 Å². The van der Waals surface area contributed by atoms with Crippen molar-refractivity contribution < 1.29 is 0 Å². The smallest absolute Gasteiger partial charge is 0.0233 e. The highest BCUT2D eigenvalue weighted by Crippen LogP contribution is 2.12. The van der Waals surface area contributed by atoms with E-state index in [1.54, 1.807) is 0 Å². The third-order valence-corrected chi connectivity index (χ3v) is 4.43. The van der Waals surface area contributed by atoms with Gasteiger partial charge >= 0.3 is 0 Å². The normalized spacial score (nSPS) is 12.8. The van der Waals surface area contributed by atoms with Crippen molar-refractivity contribution in [3.8, 4) is 0 Å². The summed E-state index contributed by atoms with van der Waals surface area (Å²) in [5, 5.41) is 3.37. The zero-order chi connectivity index (χ0) is 14.8. The molecule has 1 atom stereocenters. The third kappa shape index (κ3) is 6.78. The van der Waals surface area contributed by atoms with Crippen LogP contribution >= 0.6 is 11.8 Å². The molecule has 1 N–H and O–H groups in total. The van der Waals surface area contributed by atoms with Crippen LogP contribution in [0.4, 0.5) is 0 Å². The summed E-state index contributed by atoms with van der Waals surface area (Å²) in [6.07, 6.45) is 4.56. The second-order valence-electron chi connectivity index (χ2n) is 5.47. The average molecular weight is 295 g/mol. The Bertz CT molecular complexity index is 351. The van der Waals surface area contributed by atoms with Crippen LogP contribution in [0.1, 0.15) is 31.4 Å². The Kier molecular flexibility index (Phi) is 8.99. The first-order valence-electron chi connectivity index (χ1n) is 7.65. The Morgan fingerprint density at radius 3 is 2.45 bits per heavy atom. The van der Waals surface area contributed by atoms with E-state index in [2.05, 4.69) is 61.6 Å². The van der Waals surface area contributed by atoms with Gasteiger partial charge in [0.1, 0.15) is 0 Å². The lowest BCUT2D eigenvalue weighted by Gasteiger charge is -2.24. The molecule has 0 amide bonds. The summed E-state index contributed by atoms with van der Waals surface area (Å²) in [7, 11) is 2.23. The molecule has 0 aliphatic rings. The monoisotopic (exact) mass is 294 g/mol. The minimum Gasteiger partial charge on any atom is -0.317 e. The van der Waals surface area contributed by atoms with Crippen molar-refractivity contribution in [3.63, 3.8) is 0 Å². The maximum Gasteiger partial charge on any atom is 0.0233 e. The molecule has 2 nitrogen and oxygen atoms in total. The molecule has 0 aliphatic carbocycles. The van der Waals surface area contributed by atoms with Crippen molar-refractivity contribution in [2.75, 3.05) is 32.1 Å². The number of thioether (sulfide) groups is 1. The van der Waals surface area contributed by atoms with E-state index in [0.717, 1.165) is 26.1 Å². The fraction of sp³-hybridized carbons (Fsp3) is 0.647. The zero-order valence-electron chi connectivity index (χ0n) is 13.5. The zero-order valence-corrected chi connectivity index (χ0v) is 14.3. The van der Waals surface area contributed by atoms with Crippen LogP contribution in [-0.2, 0) is 13.0 Å². The molecule has 0 aliphatic heterocycles. The van der Waals surface area contributed by atoms with Crippen LogP contribution in [0.5, 0.6) is 0 Å². The van der Waals surface area contributed by atoms with Gasteiger partial charge in [-0.25, -0.2) is 0 Å². The van der Waals surface area contributed by atoms with Crippen LogP contribution in [0.15, 0.2) is 24.3 Å². The van der Waals surface area contributed by atoms with Gasteiger partial charge in [0.05, 0.1) is 0 Å². The summed E-state index contributed by atoms with van der Waals surface area (Å²) in [6.45, 7) is 7.64. The van der Waals surface area contributed by atoms with E-state index in [1.165, 1.54) is 23.3 Å². The lowest BCUT2D eigenvalue weighted by atomic mass is 10.1. The van der Waals surface area contributed by atoms with E-state index in [9.17, 15) is 0 Å². The maximum atomic E-state index is 3.37. The molecule has 0 bridgehead atoms. The molecular weight excluding hydrogens is 264 g/mol. The highest BCUT2D eigenvalue weighted by molar-refractivity contribution is 7.98. The van der Waals surface area contributed by atoms with E-state index in [4.69, 9.17) is 0 Å². The van der Waals surface area contributed by atoms with Gasteiger partial charge in [0.15, 0.2) is 0 Å². The van der Waals surface area contributed by atoms with Gasteiger partial charge in [0, 0.05) is 12.6 Å². The van der Waals surface area contributed by atoms with Crippen molar-refractivity contribution in [1.82, 2.24) is 10.2 Å². The van der Waals surface area contributed by atoms with Gasteiger partial charge in [0.25, 0.3) is 0 Å². The van der Waals surface area contributed by atoms with E-state index in [0.29, 0.717) is 6.04 Å². The first kappa shape index (κ1) is 17.5. The molecule has 3 heteroatoms. The Morgan fingerprint density at radius 2 is 1.85 bits per heavy atom. The minimum atomic E-state index is 0.649. The second-order valence-corrected chi connectivity index (χ2v) is 6.45. The third-order valence-electron chi connectivity index (χ3n) is 3.79. The van der Waals surface area contributed by atoms with Gasteiger partial charge in [-0.2, -0.15) is 11.8 Å². The summed E-state index contributed by atoms with van der Waals surface area (Å²) in [6, 6.07) is 9.74. The van der Waals surface area contributed by atoms with Gasteiger partial charge < -0.3 is 5.32 Å². The second kappa shape index (κ2) is 10.3. The summed E-state index contributed by atoms with van der Waals surface area (Å²) < 4.78 is 0. The number of hydrogen-bond acceptors (Lipinski definition) is 3. The quantitative estimate of drug-likeness (QED) is 0.666. The Hall–Kier alpha value is -0.510. The SMILES string of the molecule is CCNCCc1ccc(CN(C)C(C)CCSC)cc1. The Morgan fingerprint density at radius 1 is 1.20 bits per heavy atom. The summed E-state index contributed by atoms with van der Waals surface area (Å²) in [5.74, 6) is 1.24. The van der Waals surface area contributed by atoms with Crippen LogP contribution in [0, 0.1) is 0 Å². The summed E-state index contributed by atoms with van der Waals surface area (Å²) in [5.41, 5.74) is 2.84. The summed E-state index contributed by atoms with van der Waals surface area (Å²) in [4.78, 5) is 2.45. The maximum absolute atomic E-state index is 3.37. The number of benzene rings is 1. The highest BCUT2D eigenvalue weighted by Gasteiger charge is 2.09. The molecule has 114 valence electrons. The summed E-state index contributed by atoms with van der Waals surface area (Å²) >= 11 is 1.93. The number of nitrogens with one attached hydrogen (secondary N) is 1. The number of nitrogens with zero attached hydrogens (tertiary/aromatic N) is 1. The largest absolute Gasteiger partial charge is 0.317 e. The molecule has 0 fully saturated rings. The van der Waals surface area contributed by atoms with Crippen molar-refractivity contribution in [1.29, 1.82) is 0 Å². The van der Waals surface area contributed by atoms with Crippen LogP contribution in [0.3, 0.4) is 0 Å². The fourth-order valence-electron chi connectivity index (χ4n) is 2.17. The molecular formula is C17H30N2S.